The highest BCUT2D eigenvalue weighted by Gasteiger charge is 2.24. The van der Waals surface area contributed by atoms with E-state index < -0.39 is 0 Å². The summed E-state index contributed by atoms with van der Waals surface area (Å²) in [5.74, 6) is 0.900. The minimum atomic E-state index is -0.0827. The molecule has 0 saturated carbocycles. The predicted molar refractivity (Wildman–Crippen MR) is 116 cm³/mol. The number of hydrogen-bond donors (Lipinski definition) is 1. The number of aryl methyl sites for hydroxylation is 1. The zero-order valence-corrected chi connectivity index (χ0v) is 16.9. The van der Waals surface area contributed by atoms with Gasteiger partial charge < -0.3 is 10.1 Å². The van der Waals surface area contributed by atoms with Crippen LogP contribution >= 0.6 is 0 Å². The van der Waals surface area contributed by atoms with E-state index in [0.717, 1.165) is 34.4 Å². The first-order valence-electron chi connectivity index (χ1n) is 10.2. The molecule has 2 aromatic carbocycles. The number of pyridine rings is 1. The number of benzene rings is 2. The van der Waals surface area contributed by atoms with Crippen molar-refractivity contribution in [3.8, 4) is 16.9 Å². The van der Waals surface area contributed by atoms with Crippen LogP contribution in [0.15, 0.2) is 67.0 Å². The molecule has 1 unspecified atom stereocenters. The Bertz CT molecular complexity index is 1060. The number of carbonyl (C=O) groups excluding carboxylic acids is 2. The molecule has 1 aliphatic heterocycles. The van der Waals surface area contributed by atoms with Crippen molar-refractivity contribution in [1.29, 1.82) is 0 Å². The second-order valence-electron chi connectivity index (χ2n) is 7.53. The summed E-state index contributed by atoms with van der Waals surface area (Å²) in [6.07, 6.45) is 5.26. The van der Waals surface area contributed by atoms with Gasteiger partial charge in [-0.2, -0.15) is 0 Å². The number of nitrogens with one attached hydrogen (secondary N) is 1. The summed E-state index contributed by atoms with van der Waals surface area (Å²) < 4.78 is 6.00. The van der Waals surface area contributed by atoms with Gasteiger partial charge >= 0.3 is 0 Å². The van der Waals surface area contributed by atoms with Gasteiger partial charge in [0.25, 0.3) is 0 Å². The number of carbonyl (C=O) groups is 2. The summed E-state index contributed by atoms with van der Waals surface area (Å²) in [4.78, 5) is 28.2. The van der Waals surface area contributed by atoms with Gasteiger partial charge in [0, 0.05) is 30.8 Å². The summed E-state index contributed by atoms with van der Waals surface area (Å²) in [6.45, 7) is 2.06. The molecule has 2 heterocycles. The molecule has 5 heteroatoms. The lowest BCUT2D eigenvalue weighted by atomic mass is 9.95. The Kier molecular flexibility index (Phi) is 5.89. The maximum Gasteiger partial charge on any atom is 0.220 e. The summed E-state index contributed by atoms with van der Waals surface area (Å²) in [5.41, 5.74) is 4.80. The normalized spacial score (nSPS) is 14.6. The van der Waals surface area contributed by atoms with Crippen molar-refractivity contribution in [2.75, 3.05) is 6.54 Å². The van der Waals surface area contributed by atoms with E-state index in [1.807, 2.05) is 48.5 Å². The smallest absolute Gasteiger partial charge is 0.220 e. The Balaban J connectivity index is 1.35. The van der Waals surface area contributed by atoms with Gasteiger partial charge in [0.2, 0.25) is 5.91 Å². The minimum absolute atomic E-state index is 0.00878. The second-order valence-corrected chi connectivity index (χ2v) is 7.53. The average Bonchev–Trinajstić information content (AvgIpc) is 3.19. The van der Waals surface area contributed by atoms with Crippen molar-refractivity contribution >= 4 is 11.7 Å². The summed E-state index contributed by atoms with van der Waals surface area (Å²) in [5, 5.41) is 2.97. The SMILES string of the molecule is CC(=O)c1ccccc1-c1ccc2c(c1)CC(CNC(=O)CCc1cccnc1)O2. The minimum Gasteiger partial charge on any atom is -0.488 e. The van der Waals surface area contributed by atoms with E-state index in [0.29, 0.717) is 24.9 Å². The lowest BCUT2D eigenvalue weighted by Gasteiger charge is -2.12. The van der Waals surface area contributed by atoms with Crippen molar-refractivity contribution in [2.24, 2.45) is 0 Å². The summed E-state index contributed by atoms with van der Waals surface area (Å²) in [7, 11) is 0. The van der Waals surface area contributed by atoms with Crippen LogP contribution in [0.4, 0.5) is 0 Å². The molecule has 152 valence electrons. The number of ketones is 1. The van der Waals surface area contributed by atoms with Gasteiger partial charge in [-0.25, -0.2) is 0 Å². The number of nitrogens with zero attached hydrogens (tertiary/aromatic N) is 1. The Morgan fingerprint density at radius 2 is 2.00 bits per heavy atom. The Hall–Kier alpha value is -3.47. The highest BCUT2D eigenvalue weighted by Crippen LogP contribution is 2.34. The molecule has 1 atom stereocenters. The van der Waals surface area contributed by atoms with Crippen LogP contribution in [-0.2, 0) is 17.6 Å². The molecular formula is C25H24N2O3. The number of aromatic nitrogens is 1. The highest BCUT2D eigenvalue weighted by molar-refractivity contribution is 6.00. The Labute approximate surface area is 176 Å². The standard InChI is InChI=1S/C25H24N2O3/c1-17(28)22-6-2-3-7-23(22)19-9-10-24-20(13-19)14-21(30-24)16-27-25(29)11-8-18-5-4-12-26-15-18/h2-7,9-10,12-13,15,21H,8,11,14,16H2,1H3,(H,27,29). The number of ether oxygens (including phenoxy) is 1. The monoisotopic (exact) mass is 400 g/mol. The molecule has 4 rings (SSSR count). The van der Waals surface area contributed by atoms with Crippen LogP contribution in [0.25, 0.3) is 11.1 Å². The topological polar surface area (TPSA) is 68.3 Å². The molecule has 30 heavy (non-hydrogen) atoms. The molecule has 0 bridgehead atoms. The molecule has 0 fully saturated rings. The molecule has 0 spiro atoms. The van der Waals surface area contributed by atoms with Crippen LogP contribution in [0, 0.1) is 0 Å². The van der Waals surface area contributed by atoms with Gasteiger partial charge in [-0.3, -0.25) is 14.6 Å². The first kappa shape index (κ1) is 19.8. The molecule has 0 aliphatic carbocycles. The summed E-state index contributed by atoms with van der Waals surface area (Å²) >= 11 is 0. The zero-order chi connectivity index (χ0) is 20.9. The fourth-order valence-electron chi connectivity index (χ4n) is 3.76. The number of fused-ring (bicyclic) bond motifs is 1. The van der Waals surface area contributed by atoms with Crippen LogP contribution in [0.2, 0.25) is 0 Å². The molecule has 3 aromatic rings. The van der Waals surface area contributed by atoms with Crippen LogP contribution in [0.5, 0.6) is 5.75 Å². The van der Waals surface area contributed by atoms with Gasteiger partial charge in [0.15, 0.2) is 5.78 Å². The molecule has 1 N–H and O–H groups in total. The maximum atomic E-state index is 12.2. The quantitative estimate of drug-likeness (QED) is 0.609. The third kappa shape index (κ3) is 4.57. The van der Waals surface area contributed by atoms with E-state index in [9.17, 15) is 9.59 Å². The Morgan fingerprint density at radius 1 is 1.13 bits per heavy atom. The van der Waals surface area contributed by atoms with Crippen LogP contribution in [0.3, 0.4) is 0 Å². The van der Waals surface area contributed by atoms with E-state index in [-0.39, 0.29) is 17.8 Å². The largest absolute Gasteiger partial charge is 0.488 e. The van der Waals surface area contributed by atoms with Crippen LogP contribution < -0.4 is 10.1 Å². The predicted octanol–water partition coefficient (Wildman–Crippen LogP) is 4.00. The molecule has 0 saturated heterocycles. The van der Waals surface area contributed by atoms with Crippen LogP contribution in [-0.4, -0.2) is 29.3 Å². The third-order valence-electron chi connectivity index (χ3n) is 5.31. The van der Waals surface area contributed by atoms with Gasteiger partial charge in [0.05, 0.1) is 6.54 Å². The van der Waals surface area contributed by atoms with E-state index in [1.165, 1.54) is 0 Å². The zero-order valence-electron chi connectivity index (χ0n) is 16.9. The van der Waals surface area contributed by atoms with Crippen molar-refractivity contribution in [2.45, 2.75) is 32.3 Å². The lowest BCUT2D eigenvalue weighted by molar-refractivity contribution is -0.121. The van der Waals surface area contributed by atoms with E-state index in [2.05, 4.69) is 16.4 Å². The lowest BCUT2D eigenvalue weighted by Crippen LogP contribution is -2.34. The first-order chi connectivity index (χ1) is 14.6. The number of amides is 1. The third-order valence-corrected chi connectivity index (χ3v) is 5.31. The van der Waals surface area contributed by atoms with E-state index >= 15 is 0 Å². The molecule has 1 amide bonds. The van der Waals surface area contributed by atoms with Crippen molar-refractivity contribution in [3.05, 3.63) is 83.7 Å². The molecule has 1 aromatic heterocycles. The van der Waals surface area contributed by atoms with Gasteiger partial charge in [-0.15, -0.1) is 0 Å². The van der Waals surface area contributed by atoms with Crippen molar-refractivity contribution in [1.82, 2.24) is 10.3 Å². The molecule has 1 aliphatic rings. The van der Waals surface area contributed by atoms with E-state index in [4.69, 9.17) is 4.74 Å². The van der Waals surface area contributed by atoms with Crippen LogP contribution in [0.1, 0.15) is 34.8 Å². The fraction of sp³-hybridized carbons (Fsp3) is 0.240. The van der Waals surface area contributed by atoms with Crippen molar-refractivity contribution in [3.63, 3.8) is 0 Å². The average molecular weight is 400 g/mol. The molecule has 0 radical (unpaired) electrons. The number of rotatable bonds is 7. The second kappa shape index (κ2) is 8.91. The van der Waals surface area contributed by atoms with E-state index in [1.54, 1.807) is 19.3 Å². The fourth-order valence-corrected chi connectivity index (χ4v) is 3.76. The maximum absolute atomic E-state index is 12.2. The molecule has 5 nitrogen and oxygen atoms in total. The molecular weight excluding hydrogens is 376 g/mol. The van der Waals surface area contributed by atoms with Gasteiger partial charge in [0.1, 0.15) is 11.9 Å². The Morgan fingerprint density at radius 3 is 2.80 bits per heavy atom. The number of hydrogen-bond acceptors (Lipinski definition) is 4. The first-order valence-corrected chi connectivity index (χ1v) is 10.2. The van der Waals surface area contributed by atoms with Crippen molar-refractivity contribution < 1.29 is 14.3 Å². The van der Waals surface area contributed by atoms with Gasteiger partial charge in [-0.1, -0.05) is 36.4 Å². The number of Topliss-reactive ketones (excluding diaryl/α,β-unsaturated/α-hetero) is 1. The van der Waals surface area contributed by atoms with Gasteiger partial charge in [-0.05, 0) is 53.8 Å². The highest BCUT2D eigenvalue weighted by atomic mass is 16.5. The summed E-state index contributed by atoms with van der Waals surface area (Å²) in [6, 6.07) is 17.5.